The number of amides is 1. The molecule has 2 heterocycles. The molecule has 138 valence electrons. The molecule has 3 rings (SSSR count). The summed E-state index contributed by atoms with van der Waals surface area (Å²) in [5.74, 6) is -0.624. The molecule has 0 saturated heterocycles. The zero-order chi connectivity index (χ0) is 19.2. The Labute approximate surface area is 162 Å². The molecule has 0 aliphatic carbocycles. The Morgan fingerprint density at radius 3 is 2.56 bits per heavy atom. The molecule has 2 aromatic heterocycles. The van der Waals surface area contributed by atoms with Crippen LogP contribution in [0.3, 0.4) is 0 Å². The van der Waals surface area contributed by atoms with E-state index in [2.05, 4.69) is 5.32 Å². The highest BCUT2D eigenvalue weighted by Crippen LogP contribution is 2.35. The van der Waals surface area contributed by atoms with E-state index < -0.39 is 5.97 Å². The third kappa shape index (κ3) is 4.60. The Kier molecular flexibility index (Phi) is 5.98. The molecule has 0 radical (unpaired) electrons. The first-order valence-corrected chi connectivity index (χ1v) is 9.51. The van der Waals surface area contributed by atoms with Crippen molar-refractivity contribution in [1.29, 1.82) is 0 Å². The van der Waals surface area contributed by atoms with Crippen LogP contribution in [-0.2, 0) is 16.1 Å². The van der Waals surface area contributed by atoms with Gasteiger partial charge in [0.05, 0.1) is 12.3 Å². The fourth-order valence-electron chi connectivity index (χ4n) is 2.66. The number of esters is 1. The van der Waals surface area contributed by atoms with Crippen molar-refractivity contribution in [2.45, 2.75) is 20.4 Å². The SMILES string of the molecule is CCOC(=O)c1sc(-c2ccccc2)cc1NC(=O)C[n+]1ccccc1C. The highest BCUT2D eigenvalue weighted by atomic mass is 32.1. The van der Waals surface area contributed by atoms with Crippen LogP contribution < -0.4 is 9.88 Å². The molecule has 0 atom stereocenters. The summed E-state index contributed by atoms with van der Waals surface area (Å²) in [5.41, 5.74) is 2.45. The Morgan fingerprint density at radius 2 is 1.85 bits per heavy atom. The summed E-state index contributed by atoms with van der Waals surface area (Å²) in [6, 6.07) is 17.3. The van der Waals surface area contributed by atoms with Crippen LogP contribution in [0.15, 0.2) is 60.8 Å². The van der Waals surface area contributed by atoms with Gasteiger partial charge < -0.3 is 10.1 Å². The number of rotatable bonds is 6. The molecule has 0 bridgehead atoms. The van der Waals surface area contributed by atoms with Gasteiger partial charge in [0.1, 0.15) is 4.88 Å². The minimum atomic E-state index is -0.427. The summed E-state index contributed by atoms with van der Waals surface area (Å²) < 4.78 is 7.00. The highest BCUT2D eigenvalue weighted by molar-refractivity contribution is 7.18. The van der Waals surface area contributed by atoms with Crippen molar-refractivity contribution in [3.8, 4) is 10.4 Å². The predicted molar refractivity (Wildman–Crippen MR) is 106 cm³/mol. The smallest absolute Gasteiger partial charge is 0.350 e. The van der Waals surface area contributed by atoms with E-state index in [1.54, 1.807) is 6.92 Å². The van der Waals surface area contributed by atoms with Gasteiger partial charge >= 0.3 is 5.97 Å². The first-order valence-electron chi connectivity index (χ1n) is 8.69. The van der Waals surface area contributed by atoms with Gasteiger partial charge in [-0.2, -0.15) is 4.57 Å². The first kappa shape index (κ1) is 18.8. The largest absolute Gasteiger partial charge is 0.462 e. The molecule has 0 aliphatic heterocycles. The second-order valence-electron chi connectivity index (χ2n) is 5.96. The standard InChI is InChI=1S/C21H20N2O3S/c1-3-26-21(25)20-17(13-18(27-20)16-10-5-4-6-11-16)22-19(24)14-23-12-8-7-9-15(23)2/h4-13H,3,14H2,1-2H3/p+1. The number of ether oxygens (including phenoxy) is 1. The molecule has 0 aliphatic rings. The summed E-state index contributed by atoms with van der Waals surface area (Å²) in [6.45, 7) is 4.15. The van der Waals surface area contributed by atoms with Crippen molar-refractivity contribution in [1.82, 2.24) is 0 Å². The van der Waals surface area contributed by atoms with Gasteiger partial charge in [0, 0.05) is 23.9 Å². The van der Waals surface area contributed by atoms with E-state index in [0.29, 0.717) is 10.6 Å². The predicted octanol–water partition coefficient (Wildman–Crippen LogP) is 3.83. The average molecular weight is 381 g/mol. The Bertz CT molecular complexity index is 951. The molecule has 1 aromatic carbocycles. The number of carbonyl (C=O) groups is 2. The fraction of sp³-hybridized carbons (Fsp3) is 0.190. The van der Waals surface area contributed by atoms with Crippen molar-refractivity contribution in [2.75, 3.05) is 11.9 Å². The number of hydrogen-bond acceptors (Lipinski definition) is 4. The van der Waals surface area contributed by atoms with E-state index in [4.69, 9.17) is 4.74 Å². The van der Waals surface area contributed by atoms with Crippen molar-refractivity contribution < 1.29 is 18.9 Å². The van der Waals surface area contributed by atoms with Gasteiger partial charge in [-0.05, 0) is 18.6 Å². The van der Waals surface area contributed by atoms with Gasteiger partial charge in [-0.15, -0.1) is 11.3 Å². The number of aryl methyl sites for hydroxylation is 1. The van der Waals surface area contributed by atoms with E-state index in [9.17, 15) is 9.59 Å². The molecule has 27 heavy (non-hydrogen) atoms. The normalized spacial score (nSPS) is 10.4. The third-order valence-corrected chi connectivity index (χ3v) is 5.17. The molecule has 6 heteroatoms. The summed E-state index contributed by atoms with van der Waals surface area (Å²) >= 11 is 1.32. The lowest BCUT2D eigenvalue weighted by Crippen LogP contribution is -2.42. The number of benzene rings is 1. The maximum absolute atomic E-state index is 12.5. The molecule has 0 saturated carbocycles. The van der Waals surface area contributed by atoms with Gasteiger partial charge in [-0.3, -0.25) is 4.79 Å². The topological polar surface area (TPSA) is 59.3 Å². The molecular weight excluding hydrogens is 360 g/mol. The fourth-order valence-corrected chi connectivity index (χ4v) is 3.67. The molecule has 1 N–H and O–H groups in total. The molecule has 5 nitrogen and oxygen atoms in total. The number of hydrogen-bond donors (Lipinski definition) is 1. The van der Waals surface area contributed by atoms with Crippen LogP contribution in [0, 0.1) is 6.92 Å². The summed E-state index contributed by atoms with van der Waals surface area (Å²) in [6.07, 6.45) is 1.85. The number of anilines is 1. The Morgan fingerprint density at radius 1 is 1.11 bits per heavy atom. The van der Waals surface area contributed by atoms with Gasteiger partial charge in [0.2, 0.25) is 6.54 Å². The summed E-state index contributed by atoms with van der Waals surface area (Å²) in [5, 5.41) is 2.87. The van der Waals surface area contributed by atoms with Crippen LogP contribution in [0.25, 0.3) is 10.4 Å². The molecular formula is C21H21N2O3S+. The van der Waals surface area contributed by atoms with Crippen LogP contribution in [0.5, 0.6) is 0 Å². The second-order valence-corrected chi connectivity index (χ2v) is 7.01. The number of carbonyl (C=O) groups excluding carboxylic acids is 2. The van der Waals surface area contributed by atoms with Crippen LogP contribution in [0.2, 0.25) is 0 Å². The maximum Gasteiger partial charge on any atom is 0.350 e. The number of nitrogens with one attached hydrogen (secondary N) is 1. The lowest BCUT2D eigenvalue weighted by atomic mass is 10.2. The second kappa shape index (κ2) is 8.60. The Balaban J connectivity index is 1.86. The lowest BCUT2D eigenvalue weighted by molar-refractivity contribution is -0.690. The highest BCUT2D eigenvalue weighted by Gasteiger charge is 2.21. The molecule has 3 aromatic rings. The van der Waals surface area contributed by atoms with E-state index in [1.165, 1.54) is 11.3 Å². The van der Waals surface area contributed by atoms with Crippen LogP contribution >= 0.6 is 11.3 Å². The van der Waals surface area contributed by atoms with Crippen molar-refractivity contribution >= 4 is 28.9 Å². The minimum Gasteiger partial charge on any atom is -0.462 e. The van der Waals surface area contributed by atoms with Gasteiger partial charge in [-0.1, -0.05) is 36.4 Å². The van der Waals surface area contributed by atoms with Gasteiger partial charge in [-0.25, -0.2) is 4.79 Å². The lowest BCUT2D eigenvalue weighted by Gasteiger charge is -2.05. The van der Waals surface area contributed by atoms with E-state index >= 15 is 0 Å². The van der Waals surface area contributed by atoms with Crippen LogP contribution in [0.1, 0.15) is 22.3 Å². The first-order chi connectivity index (χ1) is 13.1. The maximum atomic E-state index is 12.5. The molecule has 0 unspecified atom stereocenters. The Hall–Kier alpha value is -2.99. The number of aromatic nitrogens is 1. The number of nitrogens with zero attached hydrogens (tertiary/aromatic N) is 1. The molecule has 0 fully saturated rings. The van der Waals surface area contributed by atoms with Gasteiger partial charge in [0.25, 0.3) is 5.91 Å². The monoisotopic (exact) mass is 381 g/mol. The van der Waals surface area contributed by atoms with Crippen molar-refractivity contribution in [2.24, 2.45) is 0 Å². The van der Waals surface area contributed by atoms with Crippen molar-refractivity contribution in [3.63, 3.8) is 0 Å². The molecule has 1 amide bonds. The van der Waals surface area contributed by atoms with Crippen LogP contribution in [0.4, 0.5) is 5.69 Å². The van der Waals surface area contributed by atoms with Gasteiger partial charge in [0.15, 0.2) is 11.9 Å². The minimum absolute atomic E-state index is 0.172. The van der Waals surface area contributed by atoms with E-state index in [0.717, 1.165) is 16.1 Å². The van der Waals surface area contributed by atoms with E-state index in [1.807, 2.05) is 72.3 Å². The number of pyridine rings is 1. The van der Waals surface area contributed by atoms with E-state index in [-0.39, 0.29) is 19.1 Å². The van der Waals surface area contributed by atoms with Crippen molar-refractivity contribution in [3.05, 3.63) is 71.4 Å². The molecule has 0 spiro atoms. The average Bonchev–Trinajstić information content (AvgIpc) is 3.08. The van der Waals surface area contributed by atoms with Crippen LogP contribution in [-0.4, -0.2) is 18.5 Å². The third-order valence-electron chi connectivity index (χ3n) is 4.01. The zero-order valence-corrected chi connectivity index (χ0v) is 16.1. The summed E-state index contributed by atoms with van der Waals surface area (Å²) in [7, 11) is 0. The summed E-state index contributed by atoms with van der Waals surface area (Å²) in [4.78, 5) is 26.2. The zero-order valence-electron chi connectivity index (χ0n) is 15.3. The number of thiophene rings is 1. The quantitative estimate of drug-likeness (QED) is 0.521.